The van der Waals surface area contributed by atoms with Crippen molar-refractivity contribution in [3.05, 3.63) is 30.0 Å². The molecule has 0 saturated heterocycles. The Labute approximate surface area is 123 Å². The van der Waals surface area contributed by atoms with E-state index in [-0.39, 0.29) is 6.61 Å². The zero-order valence-electron chi connectivity index (χ0n) is 12.2. The van der Waals surface area contributed by atoms with E-state index in [1.54, 1.807) is 0 Å². The molecule has 0 aliphatic rings. The molecule has 0 aliphatic heterocycles. The second-order valence-corrected chi connectivity index (χ2v) is 5.18. The lowest BCUT2D eigenvalue weighted by atomic mass is 10.1. The van der Waals surface area contributed by atoms with Gasteiger partial charge in [-0.05, 0) is 32.3 Å². The molecule has 3 rings (SSSR count). The van der Waals surface area contributed by atoms with Crippen LogP contribution in [-0.4, -0.2) is 26.5 Å². The van der Waals surface area contributed by atoms with Crippen molar-refractivity contribution in [1.29, 1.82) is 0 Å². The molecule has 0 radical (unpaired) electrons. The minimum absolute atomic E-state index is 0.225. The molecule has 0 amide bonds. The molecule has 5 heteroatoms. The summed E-state index contributed by atoms with van der Waals surface area (Å²) in [7, 11) is 0. The van der Waals surface area contributed by atoms with Gasteiger partial charge in [0, 0.05) is 29.6 Å². The van der Waals surface area contributed by atoms with Crippen LogP contribution in [0.5, 0.6) is 0 Å². The number of nitrogens with two attached hydrogens (primary N) is 1. The second kappa shape index (κ2) is 5.69. The lowest BCUT2D eigenvalue weighted by molar-refractivity contribution is 0.284. The quantitative estimate of drug-likeness (QED) is 0.706. The molecule has 5 nitrogen and oxygen atoms in total. The topological polar surface area (TPSA) is 77.0 Å². The van der Waals surface area contributed by atoms with E-state index < -0.39 is 0 Å². The van der Waals surface area contributed by atoms with E-state index in [1.807, 2.05) is 22.9 Å². The Balaban J connectivity index is 2.27. The van der Waals surface area contributed by atoms with Crippen LogP contribution in [0, 0.1) is 0 Å². The van der Waals surface area contributed by atoms with Gasteiger partial charge in [0.25, 0.3) is 0 Å². The van der Waals surface area contributed by atoms with Crippen LogP contribution in [0.25, 0.3) is 21.8 Å². The van der Waals surface area contributed by atoms with Crippen LogP contribution in [-0.2, 0) is 13.0 Å². The van der Waals surface area contributed by atoms with Crippen LogP contribution in [0.4, 0.5) is 5.82 Å². The molecule has 3 aromatic rings. The van der Waals surface area contributed by atoms with E-state index in [0.717, 1.165) is 47.6 Å². The number of benzene rings is 1. The Morgan fingerprint density at radius 2 is 2.05 bits per heavy atom. The van der Waals surface area contributed by atoms with Crippen LogP contribution in [0.15, 0.2) is 24.3 Å². The minimum Gasteiger partial charge on any atom is -0.396 e. The number of aromatic nitrogens is 3. The molecule has 0 unspecified atom stereocenters. The van der Waals surface area contributed by atoms with E-state index in [9.17, 15) is 0 Å². The lowest BCUT2D eigenvalue weighted by Gasteiger charge is -2.06. The first-order chi connectivity index (χ1) is 10.3. The van der Waals surface area contributed by atoms with Crippen LogP contribution in [0.3, 0.4) is 0 Å². The van der Waals surface area contributed by atoms with Crippen LogP contribution < -0.4 is 5.73 Å². The minimum atomic E-state index is 0.225. The van der Waals surface area contributed by atoms with Crippen LogP contribution in [0.2, 0.25) is 0 Å². The van der Waals surface area contributed by atoms with Crippen molar-refractivity contribution < 1.29 is 5.11 Å². The predicted molar refractivity (Wildman–Crippen MR) is 85.1 cm³/mol. The van der Waals surface area contributed by atoms with Gasteiger partial charge in [0.05, 0.1) is 5.52 Å². The van der Waals surface area contributed by atoms with Crippen molar-refractivity contribution >= 4 is 27.6 Å². The highest BCUT2D eigenvalue weighted by molar-refractivity contribution is 6.09. The zero-order chi connectivity index (χ0) is 14.8. The van der Waals surface area contributed by atoms with Crippen LogP contribution >= 0.6 is 0 Å². The molecular weight excluding hydrogens is 264 g/mol. The Morgan fingerprint density at radius 3 is 2.81 bits per heavy atom. The molecule has 0 bridgehead atoms. The number of para-hydroxylation sites is 1. The highest BCUT2D eigenvalue weighted by atomic mass is 16.2. The first kappa shape index (κ1) is 13.8. The summed E-state index contributed by atoms with van der Waals surface area (Å²) >= 11 is 0. The maximum atomic E-state index is 9.00. The number of hydrogen-bond acceptors (Lipinski definition) is 4. The summed E-state index contributed by atoms with van der Waals surface area (Å²) in [6.45, 7) is 3.10. The first-order valence-electron chi connectivity index (χ1n) is 7.40. The highest BCUT2D eigenvalue weighted by Gasteiger charge is 2.16. The number of pyridine rings is 1. The van der Waals surface area contributed by atoms with Gasteiger partial charge in [-0.25, -0.2) is 4.98 Å². The number of aryl methyl sites for hydroxylation is 2. The smallest absolute Gasteiger partial charge is 0.152 e. The number of nitrogen functional groups attached to an aromatic ring is 1. The van der Waals surface area contributed by atoms with Gasteiger partial charge >= 0.3 is 0 Å². The third-order valence-corrected chi connectivity index (χ3v) is 3.84. The molecule has 1 aromatic carbocycles. The van der Waals surface area contributed by atoms with E-state index >= 15 is 0 Å². The van der Waals surface area contributed by atoms with Gasteiger partial charge in [0.15, 0.2) is 5.82 Å². The summed E-state index contributed by atoms with van der Waals surface area (Å²) < 4.78 is 2.01. The van der Waals surface area contributed by atoms with Gasteiger partial charge in [-0.2, -0.15) is 5.10 Å². The van der Waals surface area contributed by atoms with Crippen molar-refractivity contribution in [1.82, 2.24) is 14.8 Å². The average molecular weight is 284 g/mol. The largest absolute Gasteiger partial charge is 0.396 e. The van der Waals surface area contributed by atoms with Gasteiger partial charge in [-0.1, -0.05) is 18.2 Å². The van der Waals surface area contributed by atoms with Gasteiger partial charge in [0.2, 0.25) is 0 Å². The standard InChI is InChI=1S/C16H20N4O/c1-2-20-13(9-5-6-10-21)14-11-7-3-4-8-12(11)18-16(17)15(14)19-20/h3-4,7-8,21H,2,5-6,9-10H2,1H3,(H2,17,18). The summed E-state index contributed by atoms with van der Waals surface area (Å²) in [5.74, 6) is 0.485. The Kier molecular flexibility index (Phi) is 3.75. The number of aliphatic hydroxyl groups is 1. The van der Waals surface area contributed by atoms with E-state index in [4.69, 9.17) is 10.8 Å². The van der Waals surface area contributed by atoms with E-state index in [1.165, 1.54) is 5.69 Å². The van der Waals surface area contributed by atoms with E-state index in [2.05, 4.69) is 23.1 Å². The molecule has 110 valence electrons. The Hall–Kier alpha value is -2.14. The SMILES string of the molecule is CCn1nc2c(N)nc3ccccc3c2c1CCCCO. The van der Waals surface area contributed by atoms with Gasteiger partial charge in [-0.15, -0.1) is 0 Å². The summed E-state index contributed by atoms with van der Waals surface area (Å²) in [6, 6.07) is 8.03. The van der Waals surface area contributed by atoms with Crippen LogP contribution in [0.1, 0.15) is 25.5 Å². The number of fused-ring (bicyclic) bond motifs is 3. The van der Waals surface area contributed by atoms with Crippen molar-refractivity contribution in [3.63, 3.8) is 0 Å². The van der Waals surface area contributed by atoms with Gasteiger partial charge in [0.1, 0.15) is 5.52 Å². The third kappa shape index (κ3) is 2.34. The fourth-order valence-electron chi connectivity index (χ4n) is 2.84. The normalized spacial score (nSPS) is 11.5. The zero-order valence-corrected chi connectivity index (χ0v) is 12.2. The number of rotatable bonds is 5. The van der Waals surface area contributed by atoms with Crippen molar-refractivity contribution in [2.24, 2.45) is 0 Å². The summed E-state index contributed by atoms with van der Waals surface area (Å²) in [5, 5.41) is 15.8. The number of anilines is 1. The second-order valence-electron chi connectivity index (χ2n) is 5.18. The summed E-state index contributed by atoms with van der Waals surface area (Å²) in [6.07, 6.45) is 2.63. The molecule has 0 spiro atoms. The fourth-order valence-corrected chi connectivity index (χ4v) is 2.84. The number of aliphatic hydroxyl groups excluding tert-OH is 1. The lowest BCUT2D eigenvalue weighted by Crippen LogP contribution is -2.03. The van der Waals surface area contributed by atoms with E-state index in [0.29, 0.717) is 5.82 Å². The molecule has 0 atom stereocenters. The number of unbranched alkanes of at least 4 members (excludes halogenated alkanes) is 1. The monoisotopic (exact) mass is 284 g/mol. The summed E-state index contributed by atoms with van der Waals surface area (Å²) in [5.41, 5.74) is 8.96. The maximum absolute atomic E-state index is 9.00. The molecule has 0 fully saturated rings. The predicted octanol–water partition coefficient (Wildman–Crippen LogP) is 2.50. The Morgan fingerprint density at radius 1 is 1.24 bits per heavy atom. The van der Waals surface area contributed by atoms with Crippen molar-refractivity contribution in [2.75, 3.05) is 12.3 Å². The molecule has 0 aliphatic carbocycles. The summed E-state index contributed by atoms with van der Waals surface area (Å²) in [4.78, 5) is 4.45. The molecular formula is C16H20N4O. The van der Waals surface area contributed by atoms with Gasteiger partial charge < -0.3 is 10.8 Å². The molecule has 21 heavy (non-hydrogen) atoms. The third-order valence-electron chi connectivity index (χ3n) is 3.84. The molecule has 2 aromatic heterocycles. The average Bonchev–Trinajstić information content (AvgIpc) is 2.87. The molecule has 0 saturated carbocycles. The first-order valence-corrected chi connectivity index (χ1v) is 7.40. The Bertz CT molecular complexity index is 779. The highest BCUT2D eigenvalue weighted by Crippen LogP contribution is 2.31. The molecule has 2 heterocycles. The fraction of sp³-hybridized carbons (Fsp3) is 0.375. The van der Waals surface area contributed by atoms with Crippen molar-refractivity contribution in [2.45, 2.75) is 32.7 Å². The maximum Gasteiger partial charge on any atom is 0.152 e. The number of nitrogens with zero attached hydrogens (tertiary/aromatic N) is 3. The van der Waals surface area contributed by atoms with Crippen molar-refractivity contribution in [3.8, 4) is 0 Å². The molecule has 3 N–H and O–H groups in total. The number of hydrogen-bond donors (Lipinski definition) is 2. The van der Waals surface area contributed by atoms with Gasteiger partial charge in [-0.3, -0.25) is 4.68 Å².